The van der Waals surface area contributed by atoms with Gasteiger partial charge in [-0.2, -0.15) is 0 Å². The Bertz CT molecular complexity index is 591. The number of halogens is 1. The first-order valence-electron chi connectivity index (χ1n) is 8.73. The number of amides is 2. The summed E-state index contributed by atoms with van der Waals surface area (Å²) in [5.41, 5.74) is 0.745. The van der Waals surface area contributed by atoms with Crippen molar-refractivity contribution in [3.63, 3.8) is 0 Å². The maximum atomic E-state index is 12.1. The van der Waals surface area contributed by atoms with Gasteiger partial charge >= 0.3 is 0 Å². The molecule has 25 heavy (non-hydrogen) atoms. The van der Waals surface area contributed by atoms with E-state index in [2.05, 4.69) is 10.6 Å². The van der Waals surface area contributed by atoms with Crippen molar-refractivity contribution >= 4 is 29.9 Å². The number of piperidine rings is 1. The van der Waals surface area contributed by atoms with Crippen LogP contribution in [0.3, 0.4) is 0 Å². The number of ether oxygens (including phenoxy) is 1. The van der Waals surface area contributed by atoms with Gasteiger partial charge in [-0.25, -0.2) is 0 Å². The monoisotopic (exact) mass is 367 g/mol. The van der Waals surface area contributed by atoms with E-state index in [1.807, 2.05) is 24.3 Å². The summed E-state index contributed by atoms with van der Waals surface area (Å²) in [7, 11) is 0. The lowest BCUT2D eigenvalue weighted by atomic mass is 9.96. The van der Waals surface area contributed by atoms with Crippen molar-refractivity contribution < 1.29 is 14.3 Å². The zero-order valence-corrected chi connectivity index (χ0v) is 15.1. The predicted octanol–water partition coefficient (Wildman–Crippen LogP) is 1.73. The molecule has 0 bridgehead atoms. The Morgan fingerprint density at radius 3 is 3.00 bits per heavy atom. The molecule has 1 aromatic carbocycles. The highest BCUT2D eigenvalue weighted by Crippen LogP contribution is 2.31. The lowest BCUT2D eigenvalue weighted by Gasteiger charge is -2.29. The number of nitrogens with one attached hydrogen (secondary N) is 2. The molecule has 138 valence electrons. The van der Waals surface area contributed by atoms with E-state index in [1.165, 1.54) is 12.8 Å². The van der Waals surface area contributed by atoms with Crippen molar-refractivity contribution in [3.05, 3.63) is 24.3 Å². The number of anilines is 1. The van der Waals surface area contributed by atoms with Gasteiger partial charge in [0, 0.05) is 19.5 Å². The number of para-hydroxylation sites is 2. The van der Waals surface area contributed by atoms with E-state index < -0.39 is 0 Å². The first kappa shape index (κ1) is 19.5. The molecule has 0 aromatic heterocycles. The number of hydrogen-bond acceptors (Lipinski definition) is 4. The van der Waals surface area contributed by atoms with E-state index in [4.69, 9.17) is 4.74 Å². The molecular formula is C18H26ClN3O3. The van der Waals surface area contributed by atoms with E-state index >= 15 is 0 Å². The van der Waals surface area contributed by atoms with Gasteiger partial charge in [0.15, 0.2) is 6.61 Å². The quantitative estimate of drug-likeness (QED) is 0.803. The summed E-state index contributed by atoms with van der Waals surface area (Å²) in [6.07, 6.45) is 3.78. The third-order valence-electron chi connectivity index (χ3n) is 4.64. The normalized spacial score (nSPS) is 19.4. The minimum atomic E-state index is -0.102. The van der Waals surface area contributed by atoms with Crippen molar-refractivity contribution in [3.8, 4) is 5.75 Å². The third kappa shape index (κ3) is 5.34. The number of rotatable bonds is 6. The van der Waals surface area contributed by atoms with E-state index in [9.17, 15) is 9.59 Å². The fraction of sp³-hybridized carbons (Fsp3) is 0.556. The number of hydrogen-bond donors (Lipinski definition) is 2. The van der Waals surface area contributed by atoms with Crippen LogP contribution in [0.5, 0.6) is 5.75 Å². The van der Waals surface area contributed by atoms with E-state index in [0.717, 1.165) is 25.2 Å². The maximum absolute atomic E-state index is 12.1. The van der Waals surface area contributed by atoms with E-state index in [0.29, 0.717) is 31.2 Å². The zero-order valence-electron chi connectivity index (χ0n) is 14.3. The number of nitrogens with zero attached hydrogens (tertiary/aromatic N) is 1. The molecule has 2 aliphatic rings. The molecule has 0 saturated carbocycles. The van der Waals surface area contributed by atoms with Gasteiger partial charge < -0.3 is 20.3 Å². The minimum Gasteiger partial charge on any atom is -0.482 e. The highest BCUT2D eigenvalue weighted by atomic mass is 35.5. The number of fused-ring (bicyclic) bond motifs is 1. The van der Waals surface area contributed by atoms with Crippen molar-refractivity contribution in [1.82, 2.24) is 10.6 Å². The van der Waals surface area contributed by atoms with Crippen LogP contribution in [0.2, 0.25) is 0 Å². The molecule has 2 aliphatic heterocycles. The first-order chi connectivity index (χ1) is 11.7. The average Bonchev–Trinajstić information content (AvgIpc) is 2.62. The summed E-state index contributed by atoms with van der Waals surface area (Å²) in [4.78, 5) is 25.7. The van der Waals surface area contributed by atoms with Gasteiger partial charge in [-0.3, -0.25) is 9.59 Å². The van der Waals surface area contributed by atoms with Gasteiger partial charge in [-0.05, 0) is 50.4 Å². The Morgan fingerprint density at radius 2 is 2.20 bits per heavy atom. The second-order valence-electron chi connectivity index (χ2n) is 6.40. The molecule has 1 aromatic rings. The summed E-state index contributed by atoms with van der Waals surface area (Å²) >= 11 is 0. The van der Waals surface area contributed by atoms with Gasteiger partial charge in [0.05, 0.1) is 5.69 Å². The second-order valence-corrected chi connectivity index (χ2v) is 6.40. The largest absolute Gasteiger partial charge is 0.482 e. The molecule has 0 radical (unpaired) electrons. The van der Waals surface area contributed by atoms with Crippen molar-refractivity contribution in [2.24, 2.45) is 5.92 Å². The fourth-order valence-electron chi connectivity index (χ4n) is 3.29. The highest BCUT2D eigenvalue weighted by molar-refractivity contribution is 5.98. The van der Waals surface area contributed by atoms with Crippen LogP contribution < -0.4 is 20.3 Å². The number of carbonyl (C=O) groups is 2. The lowest BCUT2D eigenvalue weighted by Crippen LogP contribution is -2.41. The molecule has 1 fully saturated rings. The Hall–Kier alpha value is -1.79. The molecule has 2 N–H and O–H groups in total. The topological polar surface area (TPSA) is 70.7 Å². The Morgan fingerprint density at radius 1 is 1.36 bits per heavy atom. The van der Waals surface area contributed by atoms with E-state index in [-0.39, 0.29) is 30.8 Å². The van der Waals surface area contributed by atoms with Crippen LogP contribution in [-0.4, -0.2) is 44.6 Å². The van der Waals surface area contributed by atoms with Crippen LogP contribution in [0.1, 0.15) is 25.7 Å². The SMILES string of the molecule is Cl.O=C(CCN1C(=O)COc2ccccc21)NCCC1CCCNC1. The molecule has 1 atom stereocenters. The second kappa shape index (κ2) is 9.63. The minimum absolute atomic E-state index is 0. The number of carbonyl (C=O) groups excluding carboxylic acids is 2. The Kier molecular flexibility index (Phi) is 7.52. The van der Waals surface area contributed by atoms with Gasteiger partial charge in [-0.15, -0.1) is 12.4 Å². The average molecular weight is 368 g/mol. The predicted molar refractivity (Wildman–Crippen MR) is 99.4 cm³/mol. The van der Waals surface area contributed by atoms with Crippen LogP contribution >= 0.6 is 12.4 Å². The van der Waals surface area contributed by atoms with E-state index in [1.54, 1.807) is 4.90 Å². The van der Waals surface area contributed by atoms with Gasteiger partial charge in [0.1, 0.15) is 5.75 Å². The van der Waals surface area contributed by atoms with Crippen molar-refractivity contribution in [2.75, 3.05) is 37.7 Å². The fourth-order valence-corrected chi connectivity index (χ4v) is 3.29. The summed E-state index contributed by atoms with van der Waals surface area (Å²) in [5, 5.41) is 6.36. The first-order valence-corrected chi connectivity index (χ1v) is 8.73. The van der Waals surface area contributed by atoms with Gasteiger partial charge in [-0.1, -0.05) is 12.1 Å². The van der Waals surface area contributed by atoms with Gasteiger partial charge in [0.2, 0.25) is 5.91 Å². The molecule has 1 unspecified atom stereocenters. The Labute approximate surface area is 154 Å². The van der Waals surface area contributed by atoms with Crippen LogP contribution in [0.15, 0.2) is 24.3 Å². The van der Waals surface area contributed by atoms with Crippen LogP contribution in [0.4, 0.5) is 5.69 Å². The zero-order chi connectivity index (χ0) is 16.8. The molecule has 3 rings (SSSR count). The molecular weight excluding hydrogens is 342 g/mol. The molecule has 6 nitrogen and oxygen atoms in total. The molecule has 0 spiro atoms. The van der Waals surface area contributed by atoms with Crippen LogP contribution in [0, 0.1) is 5.92 Å². The molecule has 2 heterocycles. The summed E-state index contributed by atoms with van der Waals surface area (Å²) in [6.45, 7) is 3.29. The van der Waals surface area contributed by atoms with Crippen LogP contribution in [0.25, 0.3) is 0 Å². The maximum Gasteiger partial charge on any atom is 0.265 e. The molecule has 2 amide bonds. The Balaban J connectivity index is 0.00000225. The van der Waals surface area contributed by atoms with Crippen molar-refractivity contribution in [1.29, 1.82) is 0 Å². The number of benzene rings is 1. The molecule has 1 saturated heterocycles. The lowest BCUT2D eigenvalue weighted by molar-refractivity contribution is -0.122. The smallest absolute Gasteiger partial charge is 0.265 e. The van der Waals surface area contributed by atoms with Gasteiger partial charge in [0.25, 0.3) is 5.91 Å². The highest BCUT2D eigenvalue weighted by Gasteiger charge is 2.25. The van der Waals surface area contributed by atoms with Crippen molar-refractivity contribution in [2.45, 2.75) is 25.7 Å². The molecule has 0 aliphatic carbocycles. The third-order valence-corrected chi connectivity index (χ3v) is 4.64. The standard InChI is InChI=1S/C18H25N3O3.ClH/c22-17(20-10-7-14-4-3-9-19-12-14)8-11-21-15-5-1-2-6-16(15)24-13-18(21)23;/h1-2,5-6,14,19H,3-4,7-13H2,(H,20,22);1H. The summed E-state index contributed by atoms with van der Waals surface area (Å²) < 4.78 is 5.41. The summed E-state index contributed by atoms with van der Waals surface area (Å²) in [5.74, 6) is 1.25. The summed E-state index contributed by atoms with van der Waals surface area (Å²) in [6, 6.07) is 7.43. The van der Waals surface area contributed by atoms with Crippen LogP contribution in [-0.2, 0) is 9.59 Å². The molecule has 7 heteroatoms.